The first kappa shape index (κ1) is 13.7. The smallest absolute Gasteiger partial charge is 0.0839 e. The molecule has 2 unspecified atom stereocenters. The number of benzene rings is 1. The van der Waals surface area contributed by atoms with Gasteiger partial charge in [-0.25, -0.2) is 0 Å². The molecule has 0 aliphatic carbocycles. The number of likely N-dealkylation sites (N-methyl/N-ethyl adjacent to an activating group) is 1. The Morgan fingerprint density at radius 2 is 1.71 bits per heavy atom. The van der Waals surface area contributed by atoms with E-state index in [1.807, 2.05) is 14.1 Å². The molecule has 0 amide bonds. The van der Waals surface area contributed by atoms with Crippen molar-refractivity contribution in [2.45, 2.75) is 32.1 Å². The van der Waals surface area contributed by atoms with Crippen LogP contribution in [0, 0.1) is 11.3 Å². The van der Waals surface area contributed by atoms with Gasteiger partial charge in [-0.05, 0) is 37.6 Å². The molecule has 0 heterocycles. The molecule has 1 rings (SSSR count). The highest BCUT2D eigenvalue weighted by Crippen LogP contribution is 2.22. The number of hydrogen-bond acceptors (Lipinski definition) is 2. The van der Waals surface area contributed by atoms with Crippen molar-refractivity contribution in [2.24, 2.45) is 0 Å². The third-order valence-electron chi connectivity index (χ3n) is 3.22. The fourth-order valence-corrected chi connectivity index (χ4v) is 1.88. The van der Waals surface area contributed by atoms with Crippen LogP contribution in [0.4, 0.5) is 0 Å². The summed E-state index contributed by atoms with van der Waals surface area (Å²) >= 11 is 0. The second kappa shape index (κ2) is 6.42. The minimum Gasteiger partial charge on any atom is -0.308 e. The van der Waals surface area contributed by atoms with Gasteiger partial charge in [0.1, 0.15) is 0 Å². The zero-order valence-corrected chi connectivity index (χ0v) is 11.3. The van der Waals surface area contributed by atoms with Crippen molar-refractivity contribution >= 4 is 0 Å². The molecule has 2 heteroatoms. The first-order chi connectivity index (χ1) is 8.08. The largest absolute Gasteiger partial charge is 0.308 e. The van der Waals surface area contributed by atoms with E-state index in [1.165, 1.54) is 5.56 Å². The molecular weight excluding hydrogens is 208 g/mol. The summed E-state index contributed by atoms with van der Waals surface area (Å²) in [7, 11) is 4.00. The van der Waals surface area contributed by atoms with Crippen LogP contribution in [0.1, 0.15) is 43.2 Å². The lowest BCUT2D eigenvalue weighted by atomic mass is 9.94. The quantitative estimate of drug-likeness (QED) is 0.775. The first-order valence-corrected chi connectivity index (χ1v) is 6.22. The number of nitriles is 1. The Morgan fingerprint density at radius 1 is 1.18 bits per heavy atom. The molecular formula is C15H22N2. The second-order valence-corrected chi connectivity index (χ2v) is 4.92. The fourth-order valence-electron chi connectivity index (χ4n) is 1.88. The molecule has 0 aliphatic rings. The topological polar surface area (TPSA) is 27.0 Å². The second-order valence-electron chi connectivity index (χ2n) is 4.92. The molecule has 0 spiro atoms. The summed E-state index contributed by atoms with van der Waals surface area (Å²) in [4.78, 5) is 2.05. The molecule has 0 fully saturated rings. The minimum atomic E-state index is -0.0315. The summed E-state index contributed by atoms with van der Waals surface area (Å²) < 4.78 is 0. The van der Waals surface area contributed by atoms with Crippen LogP contribution in [0.25, 0.3) is 0 Å². The van der Waals surface area contributed by atoms with E-state index >= 15 is 0 Å². The van der Waals surface area contributed by atoms with Crippen molar-refractivity contribution in [3.63, 3.8) is 0 Å². The highest BCUT2D eigenvalue weighted by molar-refractivity contribution is 5.30. The van der Waals surface area contributed by atoms with E-state index in [-0.39, 0.29) is 5.92 Å². The van der Waals surface area contributed by atoms with Gasteiger partial charge in [0.2, 0.25) is 0 Å². The zero-order chi connectivity index (χ0) is 12.8. The maximum Gasteiger partial charge on any atom is 0.0839 e. The zero-order valence-electron chi connectivity index (χ0n) is 11.3. The van der Waals surface area contributed by atoms with Gasteiger partial charge in [0.25, 0.3) is 0 Å². The van der Waals surface area contributed by atoms with Gasteiger partial charge in [-0.1, -0.05) is 38.1 Å². The standard InChI is InChI=1S/C15H22N2/c1-5-12(2)13-6-8-14(9-7-13)15(10-16)11-17(3)4/h6-9,12,15H,5,11H2,1-4H3. The molecule has 0 radical (unpaired) electrons. The molecule has 0 saturated carbocycles. The summed E-state index contributed by atoms with van der Waals surface area (Å²) in [5.41, 5.74) is 2.48. The molecule has 0 bridgehead atoms. The van der Waals surface area contributed by atoms with Crippen molar-refractivity contribution in [2.75, 3.05) is 20.6 Å². The van der Waals surface area contributed by atoms with E-state index in [4.69, 9.17) is 0 Å². The Kier molecular flexibility index (Phi) is 5.18. The lowest BCUT2D eigenvalue weighted by molar-refractivity contribution is 0.398. The highest BCUT2D eigenvalue weighted by Gasteiger charge is 2.12. The maximum absolute atomic E-state index is 9.18. The maximum atomic E-state index is 9.18. The summed E-state index contributed by atoms with van der Waals surface area (Å²) in [6.45, 7) is 5.21. The van der Waals surface area contributed by atoms with Gasteiger partial charge < -0.3 is 4.90 Å². The van der Waals surface area contributed by atoms with Gasteiger partial charge in [-0.2, -0.15) is 5.26 Å². The third kappa shape index (κ3) is 3.87. The summed E-state index contributed by atoms with van der Waals surface area (Å²) in [6, 6.07) is 10.9. The predicted octanol–water partition coefficient (Wildman–Crippen LogP) is 3.37. The van der Waals surface area contributed by atoms with Gasteiger partial charge in [-0.15, -0.1) is 0 Å². The van der Waals surface area contributed by atoms with Crippen LogP contribution in [0.5, 0.6) is 0 Å². The molecule has 0 aromatic heterocycles. The molecule has 2 nitrogen and oxygen atoms in total. The summed E-state index contributed by atoms with van der Waals surface area (Å²) in [5, 5.41) is 9.18. The number of nitrogens with zero attached hydrogens (tertiary/aromatic N) is 2. The Balaban J connectivity index is 2.82. The Morgan fingerprint density at radius 3 is 2.12 bits per heavy atom. The van der Waals surface area contributed by atoms with E-state index in [0.29, 0.717) is 5.92 Å². The summed E-state index contributed by atoms with van der Waals surface area (Å²) in [5.74, 6) is 0.564. The van der Waals surface area contributed by atoms with Crippen LogP contribution >= 0.6 is 0 Å². The van der Waals surface area contributed by atoms with E-state index in [1.54, 1.807) is 0 Å². The average Bonchev–Trinajstić information content (AvgIpc) is 2.35. The molecule has 17 heavy (non-hydrogen) atoms. The van der Waals surface area contributed by atoms with Crippen molar-refractivity contribution in [3.8, 4) is 6.07 Å². The van der Waals surface area contributed by atoms with Crippen molar-refractivity contribution in [1.82, 2.24) is 4.90 Å². The number of hydrogen-bond donors (Lipinski definition) is 0. The fraction of sp³-hybridized carbons (Fsp3) is 0.533. The molecule has 2 atom stereocenters. The van der Waals surface area contributed by atoms with Gasteiger partial charge in [0.05, 0.1) is 12.0 Å². The van der Waals surface area contributed by atoms with E-state index in [0.717, 1.165) is 18.5 Å². The van der Waals surface area contributed by atoms with Crippen LogP contribution in [-0.4, -0.2) is 25.5 Å². The van der Waals surface area contributed by atoms with E-state index in [2.05, 4.69) is 49.1 Å². The van der Waals surface area contributed by atoms with Crippen LogP contribution in [0.3, 0.4) is 0 Å². The predicted molar refractivity (Wildman–Crippen MR) is 72.1 cm³/mol. The van der Waals surface area contributed by atoms with Gasteiger partial charge in [0.15, 0.2) is 0 Å². The lowest BCUT2D eigenvalue weighted by Crippen LogP contribution is -2.19. The molecule has 1 aromatic carbocycles. The molecule has 0 aliphatic heterocycles. The van der Waals surface area contributed by atoms with Gasteiger partial charge in [-0.3, -0.25) is 0 Å². The van der Waals surface area contributed by atoms with Crippen LogP contribution in [0.15, 0.2) is 24.3 Å². The molecule has 0 saturated heterocycles. The van der Waals surface area contributed by atoms with Crippen LogP contribution in [-0.2, 0) is 0 Å². The van der Waals surface area contributed by atoms with Crippen molar-refractivity contribution < 1.29 is 0 Å². The van der Waals surface area contributed by atoms with E-state index < -0.39 is 0 Å². The highest BCUT2D eigenvalue weighted by atomic mass is 15.1. The van der Waals surface area contributed by atoms with Crippen LogP contribution < -0.4 is 0 Å². The third-order valence-corrected chi connectivity index (χ3v) is 3.22. The van der Waals surface area contributed by atoms with Gasteiger partial charge in [0, 0.05) is 6.54 Å². The van der Waals surface area contributed by atoms with Crippen molar-refractivity contribution in [1.29, 1.82) is 5.26 Å². The Bertz CT molecular complexity index is 373. The molecule has 92 valence electrons. The van der Waals surface area contributed by atoms with Crippen LogP contribution in [0.2, 0.25) is 0 Å². The normalized spacial score (nSPS) is 14.4. The first-order valence-electron chi connectivity index (χ1n) is 6.22. The van der Waals surface area contributed by atoms with E-state index in [9.17, 15) is 5.26 Å². The summed E-state index contributed by atoms with van der Waals surface area (Å²) in [6.07, 6.45) is 1.15. The molecule has 0 N–H and O–H groups in total. The Labute approximate surface area is 105 Å². The minimum absolute atomic E-state index is 0.0315. The lowest BCUT2D eigenvalue weighted by Gasteiger charge is -2.16. The van der Waals surface area contributed by atoms with Gasteiger partial charge >= 0.3 is 0 Å². The number of rotatable bonds is 5. The monoisotopic (exact) mass is 230 g/mol. The molecule has 1 aromatic rings. The SMILES string of the molecule is CCC(C)c1ccc(C(C#N)CN(C)C)cc1. The Hall–Kier alpha value is -1.33. The van der Waals surface area contributed by atoms with Crippen molar-refractivity contribution in [3.05, 3.63) is 35.4 Å². The average molecular weight is 230 g/mol.